The van der Waals surface area contributed by atoms with Crippen molar-refractivity contribution in [1.29, 1.82) is 0 Å². The van der Waals surface area contributed by atoms with E-state index in [1.165, 1.54) is 4.90 Å². The number of rotatable bonds is 10. The minimum absolute atomic E-state index is 0.159. The molecule has 0 saturated carbocycles. The monoisotopic (exact) mass is 601 g/mol. The Morgan fingerprint density at radius 1 is 1.00 bits per heavy atom. The predicted octanol–water partition coefficient (Wildman–Crippen LogP) is 4.17. The molecule has 2 aromatic rings. The molecule has 0 radical (unpaired) electrons. The lowest BCUT2D eigenvalue weighted by Gasteiger charge is -2.31. The molecule has 0 aliphatic rings. The maximum absolute atomic E-state index is 13.4. The molecular formula is C23H29Br2N3O4S. The molecule has 0 aliphatic heterocycles. The third kappa shape index (κ3) is 8.42. The number of sulfonamides is 1. The number of nitrogens with zero attached hydrogens (tertiary/aromatic N) is 2. The van der Waals surface area contributed by atoms with Crippen LogP contribution < -0.4 is 9.62 Å². The van der Waals surface area contributed by atoms with Crippen LogP contribution in [-0.2, 0) is 26.2 Å². The van der Waals surface area contributed by atoms with Gasteiger partial charge in [-0.2, -0.15) is 0 Å². The molecule has 0 heterocycles. The zero-order valence-electron chi connectivity index (χ0n) is 19.1. The predicted molar refractivity (Wildman–Crippen MR) is 138 cm³/mol. The van der Waals surface area contributed by atoms with E-state index >= 15 is 0 Å². The Hall–Kier alpha value is -1.91. The molecule has 1 atom stereocenters. The first-order valence-electron chi connectivity index (χ1n) is 10.4. The van der Waals surface area contributed by atoms with Crippen molar-refractivity contribution in [3.63, 3.8) is 0 Å². The van der Waals surface area contributed by atoms with Gasteiger partial charge < -0.3 is 10.2 Å². The fraction of sp³-hybridized carbons (Fsp3) is 0.391. The second kappa shape index (κ2) is 12.0. The van der Waals surface area contributed by atoms with E-state index in [-0.39, 0.29) is 18.4 Å². The van der Waals surface area contributed by atoms with Crippen LogP contribution in [0.5, 0.6) is 0 Å². The van der Waals surface area contributed by atoms with Crippen LogP contribution in [0.15, 0.2) is 57.5 Å². The van der Waals surface area contributed by atoms with E-state index < -0.39 is 28.5 Å². The maximum Gasteiger partial charge on any atom is 0.244 e. The highest BCUT2D eigenvalue weighted by atomic mass is 79.9. The largest absolute Gasteiger partial charge is 0.354 e. The molecule has 0 bridgehead atoms. The lowest BCUT2D eigenvalue weighted by atomic mass is 10.1. The van der Waals surface area contributed by atoms with Crippen molar-refractivity contribution >= 4 is 59.4 Å². The molecule has 1 unspecified atom stereocenters. The quantitative estimate of drug-likeness (QED) is 0.442. The zero-order valence-corrected chi connectivity index (χ0v) is 23.1. The van der Waals surface area contributed by atoms with Crippen LogP contribution in [0.1, 0.15) is 26.3 Å². The summed E-state index contributed by atoms with van der Waals surface area (Å²) in [4.78, 5) is 27.6. The van der Waals surface area contributed by atoms with Crippen LogP contribution in [0, 0.1) is 5.92 Å². The summed E-state index contributed by atoms with van der Waals surface area (Å²) < 4.78 is 27.7. The standard InChI is InChI=1S/C23H29Br2N3O4S/c1-16(2)13-26-23(30)17(3)27(14-18-6-5-7-20(25)12-18)22(29)15-28(33(4,31)32)21-10-8-19(24)9-11-21/h5-12,16-17H,13-15H2,1-4H3,(H,26,30). The minimum atomic E-state index is -3.74. The topological polar surface area (TPSA) is 86.8 Å². The fourth-order valence-corrected chi connectivity index (χ4v) is 4.65. The molecule has 7 nitrogen and oxygen atoms in total. The highest BCUT2D eigenvalue weighted by Gasteiger charge is 2.30. The summed E-state index contributed by atoms with van der Waals surface area (Å²) in [5, 5.41) is 2.86. The van der Waals surface area contributed by atoms with Crippen LogP contribution >= 0.6 is 31.9 Å². The lowest BCUT2D eigenvalue weighted by molar-refractivity contribution is -0.139. The Bertz CT molecular complexity index is 1080. The van der Waals surface area contributed by atoms with Gasteiger partial charge in [0.1, 0.15) is 12.6 Å². The second-order valence-electron chi connectivity index (χ2n) is 8.21. The number of carbonyl (C=O) groups excluding carboxylic acids is 2. The number of carbonyl (C=O) groups is 2. The summed E-state index contributed by atoms with van der Waals surface area (Å²) in [7, 11) is -3.74. The van der Waals surface area contributed by atoms with Gasteiger partial charge in [-0.25, -0.2) is 8.42 Å². The molecule has 0 aromatic heterocycles. The summed E-state index contributed by atoms with van der Waals surface area (Å²) in [5.41, 5.74) is 1.18. The molecule has 2 aromatic carbocycles. The summed E-state index contributed by atoms with van der Waals surface area (Å²) in [6.07, 6.45) is 1.06. The van der Waals surface area contributed by atoms with Gasteiger partial charge in [-0.05, 0) is 54.8 Å². The van der Waals surface area contributed by atoms with Gasteiger partial charge in [-0.3, -0.25) is 13.9 Å². The molecule has 1 N–H and O–H groups in total. The Kier molecular flexibility index (Phi) is 9.93. The highest BCUT2D eigenvalue weighted by Crippen LogP contribution is 2.22. The van der Waals surface area contributed by atoms with Crippen LogP contribution in [-0.4, -0.2) is 50.5 Å². The molecule has 0 aliphatic carbocycles. The third-order valence-electron chi connectivity index (χ3n) is 4.89. The van der Waals surface area contributed by atoms with E-state index in [4.69, 9.17) is 0 Å². The highest BCUT2D eigenvalue weighted by molar-refractivity contribution is 9.10. The normalized spacial score (nSPS) is 12.3. The molecule has 0 spiro atoms. The summed E-state index contributed by atoms with van der Waals surface area (Å²) in [6, 6.07) is 13.3. The van der Waals surface area contributed by atoms with Gasteiger partial charge in [0.25, 0.3) is 0 Å². The van der Waals surface area contributed by atoms with E-state index in [0.717, 1.165) is 25.1 Å². The van der Waals surface area contributed by atoms with Crippen molar-refractivity contribution in [1.82, 2.24) is 10.2 Å². The van der Waals surface area contributed by atoms with Gasteiger partial charge in [-0.1, -0.05) is 57.8 Å². The first-order valence-corrected chi connectivity index (χ1v) is 13.9. The molecule has 2 rings (SSSR count). The van der Waals surface area contributed by atoms with Gasteiger partial charge >= 0.3 is 0 Å². The Morgan fingerprint density at radius 2 is 1.64 bits per heavy atom. The first kappa shape index (κ1) is 27.3. The fourth-order valence-electron chi connectivity index (χ4n) is 3.09. The molecular weight excluding hydrogens is 574 g/mol. The van der Waals surface area contributed by atoms with Gasteiger partial charge in [-0.15, -0.1) is 0 Å². The number of amides is 2. The summed E-state index contributed by atoms with van der Waals surface area (Å²) in [6.45, 7) is 5.84. The average Bonchev–Trinajstić information content (AvgIpc) is 2.73. The number of hydrogen-bond donors (Lipinski definition) is 1. The Labute approximate surface area is 212 Å². The van der Waals surface area contributed by atoms with E-state index in [1.54, 1.807) is 31.2 Å². The second-order valence-corrected chi connectivity index (χ2v) is 12.0. The number of benzene rings is 2. The van der Waals surface area contributed by atoms with Crippen molar-refractivity contribution in [3.05, 3.63) is 63.0 Å². The molecule has 0 fully saturated rings. The SMILES string of the molecule is CC(C)CNC(=O)C(C)N(Cc1cccc(Br)c1)C(=O)CN(c1ccc(Br)cc1)S(C)(=O)=O. The van der Waals surface area contributed by atoms with Gasteiger partial charge in [0, 0.05) is 22.0 Å². The average molecular weight is 603 g/mol. The van der Waals surface area contributed by atoms with Crippen molar-refractivity contribution in [2.45, 2.75) is 33.4 Å². The van der Waals surface area contributed by atoms with E-state index in [2.05, 4.69) is 37.2 Å². The van der Waals surface area contributed by atoms with Crippen molar-refractivity contribution in [2.75, 3.05) is 23.7 Å². The van der Waals surface area contributed by atoms with Gasteiger partial charge in [0.15, 0.2) is 0 Å². The molecule has 33 heavy (non-hydrogen) atoms. The van der Waals surface area contributed by atoms with E-state index in [9.17, 15) is 18.0 Å². The van der Waals surface area contributed by atoms with E-state index in [1.807, 2.05) is 38.1 Å². The Morgan fingerprint density at radius 3 is 2.18 bits per heavy atom. The molecule has 0 saturated heterocycles. The number of anilines is 1. The molecule has 2 amide bonds. The van der Waals surface area contributed by atoms with E-state index in [0.29, 0.717) is 12.2 Å². The summed E-state index contributed by atoms with van der Waals surface area (Å²) >= 11 is 6.75. The minimum Gasteiger partial charge on any atom is -0.354 e. The lowest BCUT2D eigenvalue weighted by Crippen LogP contribution is -2.51. The van der Waals surface area contributed by atoms with Gasteiger partial charge in [0.05, 0.1) is 11.9 Å². The molecule has 180 valence electrons. The maximum atomic E-state index is 13.4. The summed E-state index contributed by atoms with van der Waals surface area (Å²) in [5.74, 6) is -0.509. The first-order chi connectivity index (χ1) is 15.4. The van der Waals surface area contributed by atoms with Gasteiger partial charge in [0.2, 0.25) is 21.8 Å². The Balaban J connectivity index is 2.35. The van der Waals surface area contributed by atoms with Crippen molar-refractivity contribution in [2.24, 2.45) is 5.92 Å². The molecule has 10 heteroatoms. The van der Waals surface area contributed by atoms with Crippen LogP contribution in [0.25, 0.3) is 0 Å². The smallest absolute Gasteiger partial charge is 0.244 e. The van der Waals surface area contributed by atoms with Crippen LogP contribution in [0.3, 0.4) is 0 Å². The number of nitrogens with one attached hydrogen (secondary N) is 1. The third-order valence-corrected chi connectivity index (χ3v) is 7.05. The van der Waals surface area contributed by atoms with Crippen LogP contribution in [0.4, 0.5) is 5.69 Å². The van der Waals surface area contributed by atoms with Crippen molar-refractivity contribution in [3.8, 4) is 0 Å². The number of halogens is 2. The van der Waals surface area contributed by atoms with Crippen molar-refractivity contribution < 1.29 is 18.0 Å². The number of hydrogen-bond acceptors (Lipinski definition) is 4. The van der Waals surface area contributed by atoms with Crippen LogP contribution in [0.2, 0.25) is 0 Å². The zero-order chi connectivity index (χ0) is 24.8.